The summed E-state index contributed by atoms with van der Waals surface area (Å²) in [6.07, 6.45) is 13.2. The standard InChI is InChI=1S/C17H18O2.C2H6/c1-18-16-9-5-3-7-14(13-16)11-12-15-8-4-6-10-17(15)19-2;1-2/h3-8,10-13H,9H2,1-2H3;1-2H3/b12-11+;. The number of ether oxygens (including phenoxy) is 2. The average molecular weight is 284 g/mol. The minimum atomic E-state index is 0.832. The molecule has 1 aromatic rings. The molecule has 0 saturated heterocycles. The van der Waals surface area contributed by atoms with Crippen LogP contribution in [0.3, 0.4) is 0 Å². The van der Waals surface area contributed by atoms with Crippen LogP contribution in [0.15, 0.2) is 66.0 Å². The Bertz CT molecular complexity index is 548. The lowest BCUT2D eigenvalue weighted by molar-refractivity contribution is 0.285. The number of para-hydroxylation sites is 1. The summed E-state index contributed by atoms with van der Waals surface area (Å²) in [5.41, 5.74) is 2.17. The molecule has 0 fully saturated rings. The van der Waals surface area contributed by atoms with Gasteiger partial charge in [-0.3, -0.25) is 0 Å². The van der Waals surface area contributed by atoms with Crippen molar-refractivity contribution in [2.45, 2.75) is 20.3 Å². The van der Waals surface area contributed by atoms with E-state index < -0.39 is 0 Å². The van der Waals surface area contributed by atoms with E-state index in [0.29, 0.717) is 0 Å². The van der Waals surface area contributed by atoms with Gasteiger partial charge in [-0.05, 0) is 17.7 Å². The van der Waals surface area contributed by atoms with Crippen LogP contribution in [0.2, 0.25) is 0 Å². The zero-order valence-electron chi connectivity index (χ0n) is 13.3. The lowest BCUT2D eigenvalue weighted by atomic mass is 10.1. The van der Waals surface area contributed by atoms with Gasteiger partial charge in [0.25, 0.3) is 0 Å². The maximum Gasteiger partial charge on any atom is 0.126 e. The second-order valence-corrected chi connectivity index (χ2v) is 4.19. The molecule has 0 unspecified atom stereocenters. The molecule has 0 amide bonds. The molecule has 2 heteroatoms. The summed E-state index contributed by atoms with van der Waals surface area (Å²) in [4.78, 5) is 0. The van der Waals surface area contributed by atoms with Crippen molar-refractivity contribution in [3.05, 3.63) is 71.5 Å². The Morgan fingerprint density at radius 1 is 1.00 bits per heavy atom. The third-order valence-corrected chi connectivity index (χ3v) is 2.93. The Labute approximate surface area is 128 Å². The molecule has 0 saturated carbocycles. The van der Waals surface area contributed by atoms with Crippen molar-refractivity contribution < 1.29 is 9.47 Å². The highest BCUT2D eigenvalue weighted by Crippen LogP contribution is 2.21. The van der Waals surface area contributed by atoms with Crippen molar-refractivity contribution in [1.29, 1.82) is 0 Å². The van der Waals surface area contributed by atoms with E-state index in [1.54, 1.807) is 14.2 Å². The summed E-state index contributed by atoms with van der Waals surface area (Å²) in [6.45, 7) is 4.00. The SMILES string of the molecule is CC.COC1=CC(/C=C/c2ccccc2OC)=CC=CC1. The fourth-order valence-electron chi connectivity index (χ4n) is 1.89. The van der Waals surface area contributed by atoms with Gasteiger partial charge in [0.1, 0.15) is 5.75 Å². The fourth-order valence-corrected chi connectivity index (χ4v) is 1.89. The van der Waals surface area contributed by atoms with E-state index in [4.69, 9.17) is 9.47 Å². The highest BCUT2D eigenvalue weighted by atomic mass is 16.5. The molecular weight excluding hydrogens is 260 g/mol. The van der Waals surface area contributed by atoms with Gasteiger partial charge in [-0.2, -0.15) is 0 Å². The largest absolute Gasteiger partial charge is 0.501 e. The molecule has 0 heterocycles. The van der Waals surface area contributed by atoms with Gasteiger partial charge in [-0.15, -0.1) is 0 Å². The van der Waals surface area contributed by atoms with E-state index in [2.05, 4.69) is 18.2 Å². The van der Waals surface area contributed by atoms with Gasteiger partial charge >= 0.3 is 0 Å². The molecule has 0 radical (unpaired) electrons. The smallest absolute Gasteiger partial charge is 0.126 e. The Hall–Kier alpha value is -2.22. The van der Waals surface area contributed by atoms with Gasteiger partial charge in [-0.1, -0.05) is 62.4 Å². The van der Waals surface area contributed by atoms with Gasteiger partial charge in [0.05, 0.1) is 20.0 Å². The molecule has 0 bridgehead atoms. The second kappa shape index (κ2) is 9.65. The van der Waals surface area contributed by atoms with Crippen molar-refractivity contribution >= 4 is 6.08 Å². The van der Waals surface area contributed by atoms with E-state index in [1.165, 1.54) is 0 Å². The molecule has 1 aliphatic rings. The topological polar surface area (TPSA) is 18.5 Å². The number of methoxy groups -OCH3 is 2. The number of hydrogen-bond donors (Lipinski definition) is 0. The Morgan fingerprint density at radius 2 is 1.76 bits per heavy atom. The summed E-state index contributed by atoms with van der Waals surface area (Å²) in [5.74, 6) is 1.84. The van der Waals surface area contributed by atoms with Crippen LogP contribution in [-0.4, -0.2) is 14.2 Å². The molecule has 0 aromatic heterocycles. The third kappa shape index (κ3) is 5.35. The maximum absolute atomic E-state index is 5.33. The van der Waals surface area contributed by atoms with Crippen LogP contribution in [0.4, 0.5) is 0 Å². The van der Waals surface area contributed by atoms with Crippen LogP contribution < -0.4 is 4.74 Å². The van der Waals surface area contributed by atoms with Crippen LogP contribution in [-0.2, 0) is 4.74 Å². The van der Waals surface area contributed by atoms with Gasteiger partial charge in [0.2, 0.25) is 0 Å². The Morgan fingerprint density at radius 3 is 2.48 bits per heavy atom. The summed E-state index contributed by atoms with van der Waals surface area (Å²) < 4.78 is 10.6. The maximum atomic E-state index is 5.33. The zero-order valence-corrected chi connectivity index (χ0v) is 13.3. The van der Waals surface area contributed by atoms with Crippen LogP contribution >= 0.6 is 0 Å². The van der Waals surface area contributed by atoms with Crippen molar-refractivity contribution in [1.82, 2.24) is 0 Å². The van der Waals surface area contributed by atoms with E-state index in [-0.39, 0.29) is 0 Å². The van der Waals surface area contributed by atoms with Gasteiger partial charge in [0, 0.05) is 12.0 Å². The summed E-state index contributed by atoms with van der Waals surface area (Å²) in [6, 6.07) is 7.95. The number of rotatable bonds is 4. The lowest BCUT2D eigenvalue weighted by Gasteiger charge is -2.04. The highest BCUT2D eigenvalue weighted by molar-refractivity contribution is 5.61. The number of benzene rings is 1. The lowest BCUT2D eigenvalue weighted by Crippen LogP contribution is -1.86. The van der Waals surface area contributed by atoms with Crippen LogP contribution in [0.1, 0.15) is 25.8 Å². The van der Waals surface area contributed by atoms with E-state index in [0.717, 1.165) is 29.1 Å². The third-order valence-electron chi connectivity index (χ3n) is 2.93. The van der Waals surface area contributed by atoms with Crippen molar-refractivity contribution in [2.24, 2.45) is 0 Å². The first kappa shape index (κ1) is 16.8. The second-order valence-electron chi connectivity index (χ2n) is 4.19. The van der Waals surface area contributed by atoms with E-state index >= 15 is 0 Å². The van der Waals surface area contributed by atoms with Crippen LogP contribution in [0, 0.1) is 0 Å². The Kier molecular flexibility index (Phi) is 7.73. The molecule has 0 spiro atoms. The normalized spacial score (nSPS) is 13.7. The molecule has 0 N–H and O–H groups in total. The predicted molar refractivity (Wildman–Crippen MR) is 90.3 cm³/mol. The molecular formula is C19H24O2. The first-order chi connectivity index (χ1) is 10.3. The first-order valence-electron chi connectivity index (χ1n) is 7.26. The molecule has 2 nitrogen and oxygen atoms in total. The van der Waals surface area contributed by atoms with E-state index in [9.17, 15) is 0 Å². The molecule has 1 aromatic carbocycles. The van der Waals surface area contributed by atoms with Crippen molar-refractivity contribution in [2.75, 3.05) is 14.2 Å². The quantitative estimate of drug-likeness (QED) is 0.761. The molecule has 21 heavy (non-hydrogen) atoms. The molecule has 0 atom stereocenters. The summed E-state index contributed by atoms with van der Waals surface area (Å²) >= 11 is 0. The Balaban J connectivity index is 0.00000106. The monoisotopic (exact) mass is 284 g/mol. The zero-order chi connectivity index (χ0) is 15.5. The first-order valence-corrected chi connectivity index (χ1v) is 7.26. The fraction of sp³-hybridized carbons (Fsp3) is 0.263. The minimum Gasteiger partial charge on any atom is -0.501 e. The van der Waals surface area contributed by atoms with E-state index in [1.807, 2.05) is 56.3 Å². The van der Waals surface area contributed by atoms with Gasteiger partial charge in [0.15, 0.2) is 0 Å². The summed E-state index contributed by atoms with van der Waals surface area (Å²) in [5, 5.41) is 0. The average Bonchev–Trinajstić information content (AvgIpc) is 2.80. The minimum absolute atomic E-state index is 0.832. The predicted octanol–water partition coefficient (Wildman–Crippen LogP) is 5.15. The molecule has 0 aliphatic heterocycles. The van der Waals surface area contributed by atoms with Crippen molar-refractivity contribution in [3.63, 3.8) is 0 Å². The summed E-state index contributed by atoms with van der Waals surface area (Å²) in [7, 11) is 3.38. The number of hydrogen-bond acceptors (Lipinski definition) is 2. The molecule has 2 rings (SSSR count). The number of allylic oxidation sites excluding steroid dienone is 6. The van der Waals surface area contributed by atoms with Gasteiger partial charge < -0.3 is 9.47 Å². The van der Waals surface area contributed by atoms with Gasteiger partial charge in [-0.25, -0.2) is 0 Å². The highest BCUT2D eigenvalue weighted by Gasteiger charge is 2.00. The van der Waals surface area contributed by atoms with Crippen LogP contribution in [0.5, 0.6) is 5.75 Å². The van der Waals surface area contributed by atoms with Crippen LogP contribution in [0.25, 0.3) is 6.08 Å². The molecule has 1 aliphatic carbocycles. The van der Waals surface area contributed by atoms with Crippen molar-refractivity contribution in [3.8, 4) is 5.75 Å². The molecule has 112 valence electrons.